The van der Waals surface area contributed by atoms with Gasteiger partial charge in [-0.05, 0) is 54.8 Å². The van der Waals surface area contributed by atoms with Crippen LogP contribution in [0.25, 0.3) is 11.4 Å². The lowest BCUT2D eigenvalue weighted by molar-refractivity contribution is 0.0953. The summed E-state index contributed by atoms with van der Waals surface area (Å²) in [7, 11) is 0. The highest BCUT2D eigenvalue weighted by molar-refractivity contribution is 7.98. The monoisotopic (exact) mass is 403 g/mol. The lowest BCUT2D eigenvalue weighted by atomic mass is 10.2. The molecule has 2 heterocycles. The maximum atomic E-state index is 13.1. The lowest BCUT2D eigenvalue weighted by Crippen LogP contribution is -2.16. The molecule has 0 bridgehead atoms. The van der Waals surface area contributed by atoms with Crippen LogP contribution in [-0.2, 0) is 17.0 Å². The normalized spacial score (nSPS) is 16.7. The Kier molecular flexibility index (Phi) is 5.76. The Labute approximate surface area is 166 Å². The molecule has 2 aromatic carbocycles. The van der Waals surface area contributed by atoms with E-state index in [1.54, 1.807) is 23.9 Å². The molecule has 1 aliphatic heterocycles. The fraction of sp³-hybridized carbons (Fsp3) is 0.300. The number of hydrogen-bond donors (Lipinski definition) is 0. The maximum absolute atomic E-state index is 13.1. The minimum Gasteiger partial charge on any atom is -0.376 e. The summed E-state index contributed by atoms with van der Waals surface area (Å²) in [6.45, 7) is 1.53. The average Bonchev–Trinajstić information content (AvgIpc) is 3.33. The first-order valence-corrected chi connectivity index (χ1v) is 10.2. The van der Waals surface area contributed by atoms with Crippen molar-refractivity contribution in [3.63, 3.8) is 0 Å². The molecule has 27 heavy (non-hydrogen) atoms. The summed E-state index contributed by atoms with van der Waals surface area (Å²) >= 11 is 7.61. The molecule has 0 amide bonds. The smallest absolute Gasteiger partial charge is 0.191 e. The Morgan fingerprint density at radius 3 is 2.59 bits per heavy atom. The van der Waals surface area contributed by atoms with Crippen molar-refractivity contribution in [3.8, 4) is 11.4 Å². The van der Waals surface area contributed by atoms with Crippen molar-refractivity contribution in [3.05, 3.63) is 64.9 Å². The Balaban J connectivity index is 1.59. The summed E-state index contributed by atoms with van der Waals surface area (Å²) in [6, 6.07) is 14.2. The van der Waals surface area contributed by atoms with Gasteiger partial charge >= 0.3 is 0 Å². The predicted molar refractivity (Wildman–Crippen MR) is 105 cm³/mol. The van der Waals surface area contributed by atoms with E-state index in [4.69, 9.17) is 16.3 Å². The van der Waals surface area contributed by atoms with Gasteiger partial charge in [-0.2, -0.15) is 0 Å². The summed E-state index contributed by atoms with van der Waals surface area (Å²) in [5.41, 5.74) is 2.01. The molecular weight excluding hydrogens is 385 g/mol. The van der Waals surface area contributed by atoms with Crippen LogP contribution >= 0.6 is 23.4 Å². The van der Waals surface area contributed by atoms with Gasteiger partial charge in [0, 0.05) is 22.9 Å². The van der Waals surface area contributed by atoms with E-state index in [-0.39, 0.29) is 11.9 Å². The molecule has 0 radical (unpaired) electrons. The Morgan fingerprint density at radius 2 is 1.89 bits per heavy atom. The van der Waals surface area contributed by atoms with Gasteiger partial charge in [0.15, 0.2) is 11.0 Å². The Hall–Kier alpha value is -1.89. The maximum Gasteiger partial charge on any atom is 0.191 e. The van der Waals surface area contributed by atoms with E-state index < -0.39 is 0 Å². The number of ether oxygens (including phenoxy) is 1. The Morgan fingerprint density at radius 1 is 1.11 bits per heavy atom. The van der Waals surface area contributed by atoms with Gasteiger partial charge in [0.1, 0.15) is 5.82 Å². The zero-order valence-corrected chi connectivity index (χ0v) is 16.2. The topological polar surface area (TPSA) is 39.9 Å². The first-order valence-electron chi connectivity index (χ1n) is 8.87. The summed E-state index contributed by atoms with van der Waals surface area (Å²) in [6.07, 6.45) is 2.30. The van der Waals surface area contributed by atoms with Crippen LogP contribution in [-0.4, -0.2) is 27.5 Å². The molecule has 4 rings (SSSR count). The third-order valence-corrected chi connectivity index (χ3v) is 5.80. The minimum absolute atomic E-state index is 0.178. The molecule has 1 saturated heterocycles. The van der Waals surface area contributed by atoms with Gasteiger partial charge in [-0.15, -0.1) is 10.2 Å². The molecule has 0 aliphatic carbocycles. The fourth-order valence-electron chi connectivity index (χ4n) is 3.09. The number of nitrogens with zero attached hydrogens (tertiary/aromatic N) is 3. The number of thioether (sulfide) groups is 1. The quantitative estimate of drug-likeness (QED) is 0.530. The molecular formula is C20H19ClFN3OS. The van der Waals surface area contributed by atoms with Crippen molar-refractivity contribution in [1.29, 1.82) is 0 Å². The van der Waals surface area contributed by atoms with Crippen LogP contribution in [0.2, 0.25) is 5.02 Å². The van der Waals surface area contributed by atoms with Crippen LogP contribution in [0.15, 0.2) is 53.7 Å². The van der Waals surface area contributed by atoms with E-state index in [1.807, 2.05) is 24.3 Å². The van der Waals surface area contributed by atoms with Gasteiger partial charge in [-0.25, -0.2) is 4.39 Å². The third kappa shape index (κ3) is 4.51. The van der Waals surface area contributed by atoms with Crippen LogP contribution in [0.1, 0.15) is 18.4 Å². The highest BCUT2D eigenvalue weighted by atomic mass is 35.5. The third-order valence-electron chi connectivity index (χ3n) is 4.51. The van der Waals surface area contributed by atoms with Crippen molar-refractivity contribution < 1.29 is 9.13 Å². The molecule has 0 N–H and O–H groups in total. The standard InChI is InChI=1S/C20H19ClFN3OS/c21-16-7-5-15(6-8-16)19-23-24-20(25(19)12-18-2-1-11-26-18)27-13-14-3-9-17(22)10-4-14/h3-10,18H,1-2,11-13H2/t18-/m0/s1. The lowest BCUT2D eigenvalue weighted by Gasteiger charge is -2.15. The van der Waals surface area contributed by atoms with Crippen molar-refractivity contribution in [1.82, 2.24) is 14.8 Å². The summed E-state index contributed by atoms with van der Waals surface area (Å²) < 4.78 is 21.0. The second-order valence-corrected chi connectivity index (χ2v) is 7.85. The molecule has 1 aliphatic rings. The molecule has 4 nitrogen and oxygen atoms in total. The van der Waals surface area contributed by atoms with Gasteiger partial charge in [0.05, 0.1) is 12.6 Å². The molecule has 1 aromatic heterocycles. The number of benzene rings is 2. The van der Waals surface area contributed by atoms with E-state index in [1.165, 1.54) is 12.1 Å². The number of halogens is 2. The number of hydrogen-bond acceptors (Lipinski definition) is 4. The Bertz CT molecular complexity index is 893. The first-order chi connectivity index (χ1) is 13.2. The van der Waals surface area contributed by atoms with Crippen LogP contribution in [0.3, 0.4) is 0 Å². The molecule has 1 fully saturated rings. The molecule has 1 atom stereocenters. The summed E-state index contributed by atoms with van der Waals surface area (Å²) in [5.74, 6) is 1.28. The fourth-order valence-corrected chi connectivity index (χ4v) is 4.12. The van der Waals surface area contributed by atoms with E-state index in [0.29, 0.717) is 10.8 Å². The molecule has 140 valence electrons. The van der Waals surface area contributed by atoms with E-state index in [9.17, 15) is 4.39 Å². The molecule has 0 spiro atoms. The van der Waals surface area contributed by atoms with Crippen LogP contribution in [0.5, 0.6) is 0 Å². The first kappa shape index (κ1) is 18.5. The molecule has 3 aromatic rings. The summed E-state index contributed by atoms with van der Waals surface area (Å²) in [4.78, 5) is 0. The van der Waals surface area contributed by atoms with Gasteiger partial charge in [-0.3, -0.25) is 4.57 Å². The molecule has 0 saturated carbocycles. The predicted octanol–water partition coefficient (Wildman–Crippen LogP) is 5.21. The molecule has 7 heteroatoms. The van der Waals surface area contributed by atoms with Crippen LogP contribution in [0, 0.1) is 5.82 Å². The van der Waals surface area contributed by atoms with Gasteiger partial charge in [0.25, 0.3) is 0 Å². The van der Waals surface area contributed by atoms with Crippen LogP contribution < -0.4 is 0 Å². The summed E-state index contributed by atoms with van der Waals surface area (Å²) in [5, 5.41) is 10.3. The second-order valence-electron chi connectivity index (χ2n) is 6.47. The van der Waals surface area contributed by atoms with E-state index >= 15 is 0 Å². The van der Waals surface area contributed by atoms with Gasteiger partial charge in [-0.1, -0.05) is 35.5 Å². The number of rotatable bonds is 6. The van der Waals surface area contributed by atoms with Crippen molar-refractivity contribution in [2.45, 2.75) is 36.4 Å². The van der Waals surface area contributed by atoms with Crippen molar-refractivity contribution in [2.24, 2.45) is 0 Å². The zero-order chi connectivity index (χ0) is 18.6. The largest absolute Gasteiger partial charge is 0.376 e. The minimum atomic E-state index is -0.227. The highest BCUT2D eigenvalue weighted by Crippen LogP contribution is 2.29. The van der Waals surface area contributed by atoms with E-state index in [2.05, 4.69) is 14.8 Å². The van der Waals surface area contributed by atoms with Crippen molar-refractivity contribution in [2.75, 3.05) is 6.61 Å². The van der Waals surface area contributed by atoms with Gasteiger partial charge in [0.2, 0.25) is 0 Å². The molecule has 0 unspecified atom stereocenters. The van der Waals surface area contributed by atoms with E-state index in [0.717, 1.165) is 48.1 Å². The van der Waals surface area contributed by atoms with Crippen LogP contribution in [0.4, 0.5) is 4.39 Å². The van der Waals surface area contributed by atoms with Gasteiger partial charge < -0.3 is 4.74 Å². The SMILES string of the molecule is Fc1ccc(CSc2nnc(-c3ccc(Cl)cc3)n2C[C@@H]2CCCO2)cc1. The highest BCUT2D eigenvalue weighted by Gasteiger charge is 2.21. The zero-order valence-electron chi connectivity index (χ0n) is 14.6. The number of aromatic nitrogens is 3. The average molecular weight is 404 g/mol. The second kappa shape index (κ2) is 8.42. The van der Waals surface area contributed by atoms with Crippen molar-refractivity contribution >= 4 is 23.4 Å².